The molecule has 2 aromatic carbocycles. The summed E-state index contributed by atoms with van der Waals surface area (Å²) in [6, 6.07) is 15.8. The smallest absolute Gasteiger partial charge is 1.00 e. The fourth-order valence-electron chi connectivity index (χ4n) is 8.49. The SMILES string of the molecule is C1=CC[C]([Ti+2](=[C]2CCCCC2)[CH]2c3ccc(C4CCCCC4)cc3-c3cc(C4CCCCC4)ccc32)=C1.[Cl-].[Cl-]. The maximum Gasteiger partial charge on any atom is -1.00 e. The van der Waals surface area contributed by atoms with Gasteiger partial charge in [0.25, 0.3) is 0 Å². The van der Waals surface area contributed by atoms with E-state index in [-0.39, 0.29) is 24.8 Å². The Morgan fingerprint density at radius 2 is 1.10 bits per heavy atom. The molecule has 0 nitrogen and oxygen atoms in total. The van der Waals surface area contributed by atoms with Gasteiger partial charge in [0.2, 0.25) is 0 Å². The van der Waals surface area contributed by atoms with Crippen LogP contribution < -0.4 is 24.8 Å². The summed E-state index contributed by atoms with van der Waals surface area (Å²) in [6.45, 7) is 0. The van der Waals surface area contributed by atoms with Crippen LogP contribution in [0.3, 0.4) is 0 Å². The van der Waals surface area contributed by atoms with Crippen LogP contribution in [0.4, 0.5) is 0 Å². The van der Waals surface area contributed by atoms with E-state index in [1.54, 1.807) is 33.4 Å². The quantitative estimate of drug-likeness (QED) is 0.459. The van der Waals surface area contributed by atoms with Crippen molar-refractivity contribution < 1.29 is 42.2 Å². The van der Waals surface area contributed by atoms with E-state index in [4.69, 9.17) is 0 Å². The summed E-state index contributed by atoms with van der Waals surface area (Å²) < 4.78 is 4.52. The third-order valence-electron chi connectivity index (χ3n) is 10.5. The van der Waals surface area contributed by atoms with E-state index in [1.807, 2.05) is 7.69 Å². The van der Waals surface area contributed by atoms with Crippen LogP contribution in [0.5, 0.6) is 0 Å². The van der Waals surface area contributed by atoms with Crippen molar-refractivity contribution in [1.82, 2.24) is 0 Å². The molecule has 0 aliphatic heterocycles. The van der Waals surface area contributed by atoms with Gasteiger partial charge in [0.1, 0.15) is 0 Å². The van der Waals surface area contributed by atoms with Crippen LogP contribution >= 0.6 is 0 Å². The van der Waals surface area contributed by atoms with Gasteiger partial charge >= 0.3 is 232 Å². The van der Waals surface area contributed by atoms with Crippen LogP contribution in [0.2, 0.25) is 0 Å². The number of benzene rings is 2. The van der Waals surface area contributed by atoms with E-state index in [9.17, 15) is 0 Å². The first-order chi connectivity index (χ1) is 18.4. The molecular formula is C36H44Cl2Ti. The van der Waals surface area contributed by atoms with Gasteiger partial charge in [0.05, 0.1) is 0 Å². The van der Waals surface area contributed by atoms with Crippen molar-refractivity contribution >= 4 is 3.81 Å². The number of halogens is 2. The molecule has 0 aromatic heterocycles. The first kappa shape index (κ1) is 29.6. The van der Waals surface area contributed by atoms with Crippen LogP contribution in [0, 0.1) is 0 Å². The number of hydrogen-bond donors (Lipinski definition) is 0. The summed E-state index contributed by atoms with van der Waals surface area (Å²) in [5.41, 5.74) is 9.96. The zero-order valence-electron chi connectivity index (χ0n) is 23.5. The minimum absolute atomic E-state index is 0. The number of rotatable bonds is 4. The first-order valence-electron chi connectivity index (χ1n) is 15.7. The van der Waals surface area contributed by atoms with Crippen molar-refractivity contribution in [2.75, 3.05) is 0 Å². The summed E-state index contributed by atoms with van der Waals surface area (Å²) in [5.74, 6) is 1.57. The second-order valence-electron chi connectivity index (χ2n) is 12.7. The predicted molar refractivity (Wildman–Crippen MR) is 155 cm³/mol. The Morgan fingerprint density at radius 1 is 0.590 bits per heavy atom. The molecule has 206 valence electrons. The van der Waals surface area contributed by atoms with Crippen molar-refractivity contribution in [3.05, 3.63) is 80.8 Å². The third kappa shape index (κ3) is 5.88. The Balaban J connectivity index is 0.00000154. The molecule has 0 atom stereocenters. The molecule has 5 aliphatic carbocycles. The molecule has 3 heteroatoms. The average Bonchev–Trinajstić information content (AvgIpc) is 3.62. The fraction of sp³-hybridized carbons (Fsp3) is 0.528. The normalized spacial score (nSPS) is 21.3. The molecule has 0 radical (unpaired) electrons. The van der Waals surface area contributed by atoms with E-state index in [2.05, 4.69) is 54.6 Å². The van der Waals surface area contributed by atoms with Gasteiger partial charge in [0.15, 0.2) is 0 Å². The molecule has 3 saturated carbocycles. The van der Waals surface area contributed by atoms with Gasteiger partial charge in [-0.25, -0.2) is 0 Å². The van der Waals surface area contributed by atoms with Crippen molar-refractivity contribution in [2.24, 2.45) is 0 Å². The summed E-state index contributed by atoms with van der Waals surface area (Å²) >= 11 is -1.65. The molecule has 0 amide bonds. The Labute approximate surface area is 255 Å². The second kappa shape index (κ2) is 13.4. The molecule has 0 spiro atoms. The molecule has 3 fully saturated rings. The molecule has 0 heterocycles. The number of hydrogen-bond acceptors (Lipinski definition) is 0. The standard InChI is InChI=1S/C25H29.C6H10.C5H5.2ClH.Ti/c1-3-7-18(8-4-1)20-11-13-22-15-23-14-12-21(17-25(23)24(22)16-20)19-9-5-2-6-10-19;1-2-4-6-5-3-1;1-2-4-5-3-1;;;/h11-19H,1-10H2;1-5H2;1-3H,4H2;2*1H;/q;;;;;+2/p-2. The van der Waals surface area contributed by atoms with E-state index in [0.717, 1.165) is 11.8 Å². The number of allylic oxidation sites excluding steroid dienone is 4. The second-order valence-corrected chi connectivity index (χ2v) is 17.0. The van der Waals surface area contributed by atoms with Gasteiger partial charge in [-0.3, -0.25) is 0 Å². The van der Waals surface area contributed by atoms with Crippen molar-refractivity contribution in [3.8, 4) is 11.1 Å². The van der Waals surface area contributed by atoms with E-state index in [1.165, 1.54) is 103 Å². The molecule has 5 aliphatic rings. The summed E-state index contributed by atoms with van der Waals surface area (Å²) in [7, 11) is 0. The Bertz CT molecular complexity index is 1180. The average molecular weight is 596 g/mol. The van der Waals surface area contributed by atoms with Crippen LogP contribution in [0.1, 0.15) is 141 Å². The van der Waals surface area contributed by atoms with E-state index >= 15 is 0 Å². The fourth-order valence-corrected chi connectivity index (χ4v) is 14.5. The Kier molecular flexibility index (Phi) is 10.1. The van der Waals surface area contributed by atoms with Gasteiger partial charge in [-0.15, -0.1) is 0 Å². The zero-order valence-corrected chi connectivity index (χ0v) is 26.6. The van der Waals surface area contributed by atoms with Crippen molar-refractivity contribution in [3.63, 3.8) is 0 Å². The molecule has 0 N–H and O–H groups in total. The minimum Gasteiger partial charge on any atom is -1.00 e. The van der Waals surface area contributed by atoms with Gasteiger partial charge in [0, 0.05) is 0 Å². The van der Waals surface area contributed by atoms with Gasteiger partial charge in [-0.1, -0.05) is 0 Å². The molecule has 0 unspecified atom stereocenters. The van der Waals surface area contributed by atoms with Crippen LogP contribution in [0.15, 0.2) is 58.5 Å². The largest absolute Gasteiger partial charge is 1.00 e. The Morgan fingerprint density at radius 3 is 1.59 bits per heavy atom. The summed E-state index contributed by atoms with van der Waals surface area (Å²) in [6.07, 6.45) is 29.8. The summed E-state index contributed by atoms with van der Waals surface area (Å²) in [4.78, 5) is 0. The zero-order chi connectivity index (χ0) is 24.6. The Hall–Kier alpha value is -0.916. The maximum absolute atomic E-state index is 2.69. The van der Waals surface area contributed by atoms with Gasteiger partial charge in [-0.05, 0) is 0 Å². The van der Waals surface area contributed by atoms with Crippen LogP contribution in [-0.4, -0.2) is 3.81 Å². The van der Waals surface area contributed by atoms with Gasteiger partial charge < -0.3 is 24.8 Å². The first-order valence-corrected chi connectivity index (χ1v) is 18.2. The van der Waals surface area contributed by atoms with Crippen LogP contribution in [0.25, 0.3) is 11.1 Å². The molecular weight excluding hydrogens is 551 g/mol. The molecule has 2 aromatic rings. The minimum atomic E-state index is -1.65. The maximum atomic E-state index is 2.69. The van der Waals surface area contributed by atoms with Crippen molar-refractivity contribution in [1.29, 1.82) is 0 Å². The van der Waals surface area contributed by atoms with Crippen LogP contribution in [-0.2, 0) is 17.4 Å². The molecule has 7 rings (SSSR count). The summed E-state index contributed by atoms with van der Waals surface area (Å²) in [5, 5.41) is 0. The monoisotopic (exact) mass is 594 g/mol. The predicted octanol–water partition coefficient (Wildman–Crippen LogP) is 4.46. The number of fused-ring (bicyclic) bond motifs is 3. The van der Waals surface area contributed by atoms with E-state index < -0.39 is 17.4 Å². The third-order valence-corrected chi connectivity index (χ3v) is 16.0. The molecule has 0 bridgehead atoms. The van der Waals surface area contributed by atoms with Gasteiger partial charge in [-0.2, -0.15) is 0 Å². The molecule has 39 heavy (non-hydrogen) atoms. The van der Waals surface area contributed by atoms with Crippen molar-refractivity contribution in [2.45, 2.75) is 119 Å². The van der Waals surface area contributed by atoms with E-state index in [0.29, 0.717) is 4.22 Å². The molecule has 0 saturated heterocycles. The topological polar surface area (TPSA) is 0 Å².